The highest BCUT2D eigenvalue weighted by Crippen LogP contribution is 2.32. The van der Waals surface area contributed by atoms with Gasteiger partial charge < -0.3 is 10.6 Å². The highest BCUT2D eigenvalue weighted by atomic mass is 127. The molecule has 0 spiro atoms. The van der Waals surface area contributed by atoms with E-state index in [0.717, 1.165) is 0 Å². The van der Waals surface area contributed by atoms with E-state index in [1.807, 2.05) is 22.6 Å². The van der Waals surface area contributed by atoms with Crippen molar-refractivity contribution in [3.63, 3.8) is 0 Å². The number of fused-ring (bicyclic) bond motifs is 1. The molecule has 1 atom stereocenters. The molecule has 1 aromatic heterocycles. The predicted molar refractivity (Wildman–Crippen MR) is 148 cm³/mol. The number of hydrogen-bond donors (Lipinski definition) is 2. The number of rotatable bonds is 5. The topological polar surface area (TPSA) is 102 Å². The number of nitrogens with one attached hydrogen (secondary N) is 2. The summed E-state index contributed by atoms with van der Waals surface area (Å²) in [6, 6.07) is 11.0. The Hall–Kier alpha value is -3.54. The zero-order valence-corrected chi connectivity index (χ0v) is 22.6. The van der Waals surface area contributed by atoms with Gasteiger partial charge in [-0.2, -0.15) is 0 Å². The second-order valence-electron chi connectivity index (χ2n) is 9.35. The number of ketones is 1. The minimum absolute atomic E-state index is 0.128. The van der Waals surface area contributed by atoms with Crippen LogP contribution in [-0.4, -0.2) is 20.8 Å². The molecule has 1 saturated carbocycles. The Balaban J connectivity index is 1.91. The number of carbonyl (C=O) groups is 2. The molecule has 0 radical (unpaired) electrons. The van der Waals surface area contributed by atoms with Gasteiger partial charge in [-0.1, -0.05) is 6.07 Å². The summed E-state index contributed by atoms with van der Waals surface area (Å²) in [7, 11) is 0. The van der Waals surface area contributed by atoms with E-state index in [0.29, 0.717) is 27.8 Å². The van der Waals surface area contributed by atoms with Crippen LogP contribution in [-0.2, 0) is 9.59 Å². The number of carbonyl (C=O) groups excluding carboxylic acids is 2. The van der Waals surface area contributed by atoms with Crippen LogP contribution < -0.4 is 32.5 Å². The van der Waals surface area contributed by atoms with Gasteiger partial charge in [0.15, 0.2) is 5.78 Å². The van der Waals surface area contributed by atoms with Crippen molar-refractivity contribution in [2.24, 2.45) is 5.92 Å². The maximum absolute atomic E-state index is 14.8. The van der Waals surface area contributed by atoms with Gasteiger partial charge in [0.1, 0.15) is 5.82 Å². The van der Waals surface area contributed by atoms with Gasteiger partial charge in [-0.3, -0.25) is 23.5 Å². The number of halogens is 2. The van der Waals surface area contributed by atoms with Gasteiger partial charge in [-0.05, 0) is 85.7 Å². The van der Waals surface area contributed by atoms with Crippen molar-refractivity contribution in [2.75, 3.05) is 10.6 Å². The largest absolute Gasteiger partial charge is 0.355 e. The summed E-state index contributed by atoms with van der Waals surface area (Å²) in [5.41, 5.74) is 0.421. The summed E-state index contributed by atoms with van der Waals surface area (Å²) in [5.74, 6) is -1.84. The van der Waals surface area contributed by atoms with E-state index in [4.69, 9.17) is 0 Å². The minimum Gasteiger partial charge on any atom is -0.355 e. The lowest BCUT2D eigenvalue weighted by molar-refractivity contribution is -0.116. The van der Waals surface area contributed by atoms with Gasteiger partial charge >= 0.3 is 5.69 Å². The quantitative estimate of drug-likeness (QED) is 0.431. The number of aromatic nitrogens is 2. The molecule has 1 heterocycles. The third-order valence-corrected chi connectivity index (χ3v) is 7.32. The Morgan fingerprint density at radius 1 is 1.11 bits per heavy atom. The number of anilines is 2. The van der Waals surface area contributed by atoms with Crippen LogP contribution >= 0.6 is 22.6 Å². The van der Waals surface area contributed by atoms with Crippen LogP contribution in [0.15, 0.2) is 52.1 Å². The first kappa shape index (κ1) is 25.1. The molecule has 37 heavy (non-hydrogen) atoms. The normalized spacial score (nSPS) is 17.0. The van der Waals surface area contributed by atoms with Crippen molar-refractivity contribution < 1.29 is 14.0 Å². The summed E-state index contributed by atoms with van der Waals surface area (Å²) < 4.78 is 18.1. The van der Waals surface area contributed by atoms with Gasteiger partial charge in [-0.25, -0.2) is 9.18 Å². The molecule has 2 N–H and O–H groups in total. The molecule has 2 aliphatic carbocycles. The monoisotopic (exact) mass is 614 g/mol. The van der Waals surface area contributed by atoms with E-state index in [1.165, 1.54) is 22.1 Å². The van der Waals surface area contributed by atoms with Crippen molar-refractivity contribution in [3.05, 3.63) is 83.3 Å². The van der Waals surface area contributed by atoms with Crippen LogP contribution in [0.3, 0.4) is 0 Å². The first-order valence-corrected chi connectivity index (χ1v) is 12.9. The van der Waals surface area contributed by atoms with Crippen LogP contribution in [0.5, 0.6) is 0 Å². The Morgan fingerprint density at radius 3 is 2.49 bits per heavy atom. The third-order valence-electron chi connectivity index (χ3n) is 6.65. The molecule has 0 aliphatic heterocycles. The van der Waals surface area contributed by atoms with Crippen molar-refractivity contribution >= 4 is 56.9 Å². The molecule has 2 aliphatic rings. The zero-order valence-electron chi connectivity index (χ0n) is 20.4. The summed E-state index contributed by atoms with van der Waals surface area (Å²) in [6.07, 6.45) is 1.37. The minimum atomic E-state index is -0.761. The second kappa shape index (κ2) is 9.40. The molecule has 0 bridgehead atoms. The zero-order chi connectivity index (χ0) is 26.6. The number of hydrogen-bond acceptors (Lipinski definition) is 5. The van der Waals surface area contributed by atoms with E-state index < -0.39 is 23.0 Å². The molecule has 1 fully saturated rings. The maximum Gasteiger partial charge on any atom is 0.336 e. The molecule has 1 unspecified atom stereocenters. The van der Waals surface area contributed by atoms with E-state index in [2.05, 4.69) is 10.6 Å². The molecular weight excluding hydrogens is 590 g/mol. The van der Waals surface area contributed by atoms with Gasteiger partial charge in [0.25, 0.3) is 5.56 Å². The number of benzene rings is 2. The van der Waals surface area contributed by atoms with Crippen LogP contribution in [0.25, 0.3) is 17.0 Å². The fourth-order valence-corrected chi connectivity index (χ4v) is 5.19. The first-order valence-electron chi connectivity index (χ1n) is 11.9. The van der Waals surface area contributed by atoms with Crippen LogP contribution in [0.4, 0.5) is 15.8 Å². The molecule has 3 aromatic rings. The van der Waals surface area contributed by atoms with Crippen molar-refractivity contribution in [2.45, 2.75) is 39.7 Å². The standard InChI is InChI=1S/C27H24FIN4O4/c1-13-23(31-21-10-7-16(29)11-20(21)28)22-24(14(2)25(13)35)32(27(37)33(26(22)36)18-8-9-18)19-6-4-5-17(12-19)30-15(3)34/h4-7,10-13,18,31H,8-9H2,1-3H3,(H,30,34). The smallest absolute Gasteiger partial charge is 0.336 e. The van der Waals surface area contributed by atoms with Crippen molar-refractivity contribution in [1.82, 2.24) is 9.13 Å². The van der Waals surface area contributed by atoms with Gasteiger partial charge in [0, 0.05) is 33.5 Å². The average Bonchev–Trinajstić information content (AvgIpc) is 3.67. The molecule has 8 nitrogen and oxygen atoms in total. The molecule has 0 saturated heterocycles. The van der Waals surface area contributed by atoms with Crippen LogP contribution in [0.2, 0.25) is 0 Å². The SMILES string of the molecule is CC(=O)Nc1cccc(-n2c3c(c(=O)n(C4CC4)c2=O)=C(Nc2ccc(I)cc2F)C(C)C(=O)C=3C)c1. The summed E-state index contributed by atoms with van der Waals surface area (Å²) in [5, 5.41) is 6.05. The lowest BCUT2D eigenvalue weighted by Crippen LogP contribution is -2.62. The van der Waals surface area contributed by atoms with Crippen molar-refractivity contribution in [3.8, 4) is 5.69 Å². The maximum atomic E-state index is 14.8. The first-order chi connectivity index (χ1) is 17.6. The van der Waals surface area contributed by atoms with E-state index in [-0.39, 0.29) is 45.3 Å². The molecular formula is C27H24FIN4O4. The molecule has 2 aromatic carbocycles. The summed E-state index contributed by atoms with van der Waals surface area (Å²) >= 11 is 2.00. The lowest BCUT2D eigenvalue weighted by atomic mass is 9.90. The fourth-order valence-electron chi connectivity index (χ4n) is 4.74. The highest BCUT2D eigenvalue weighted by molar-refractivity contribution is 14.1. The number of amides is 1. The number of nitrogens with zero attached hydrogens (tertiary/aromatic N) is 2. The van der Waals surface area contributed by atoms with E-state index in [9.17, 15) is 23.6 Å². The molecule has 1 amide bonds. The van der Waals surface area contributed by atoms with E-state index in [1.54, 1.807) is 50.2 Å². The second-order valence-corrected chi connectivity index (χ2v) is 10.6. The Labute approximate surface area is 224 Å². The Morgan fingerprint density at radius 2 is 1.84 bits per heavy atom. The Bertz CT molecular complexity index is 1740. The number of Topliss-reactive ketones (excluding diaryl/α,β-unsaturated/α-hetero) is 1. The summed E-state index contributed by atoms with van der Waals surface area (Å²) in [4.78, 5) is 52.7. The van der Waals surface area contributed by atoms with Crippen LogP contribution in [0, 0.1) is 15.3 Å². The molecule has 10 heteroatoms. The van der Waals surface area contributed by atoms with E-state index >= 15 is 0 Å². The summed E-state index contributed by atoms with van der Waals surface area (Å²) in [6.45, 7) is 4.63. The fraction of sp³-hybridized carbons (Fsp3) is 0.259. The Kier molecular flexibility index (Phi) is 6.38. The molecule has 190 valence electrons. The van der Waals surface area contributed by atoms with Gasteiger partial charge in [-0.15, -0.1) is 0 Å². The predicted octanol–water partition coefficient (Wildman–Crippen LogP) is 2.65. The van der Waals surface area contributed by atoms with Crippen molar-refractivity contribution in [1.29, 1.82) is 0 Å². The lowest BCUT2D eigenvalue weighted by Gasteiger charge is -2.24. The third kappa shape index (κ3) is 4.43. The highest BCUT2D eigenvalue weighted by Gasteiger charge is 2.34. The molecule has 5 rings (SSSR count). The van der Waals surface area contributed by atoms with Gasteiger partial charge in [0.05, 0.1) is 27.9 Å². The average molecular weight is 614 g/mol. The van der Waals surface area contributed by atoms with Gasteiger partial charge in [0.2, 0.25) is 5.91 Å². The van der Waals surface area contributed by atoms with Crippen LogP contribution in [0.1, 0.15) is 39.7 Å².